The predicted octanol–water partition coefficient (Wildman–Crippen LogP) is 2.79. The Bertz CT molecular complexity index is 726. The number of fused-ring (bicyclic) bond motifs is 1. The molecule has 0 aliphatic rings. The van der Waals surface area contributed by atoms with Crippen LogP contribution in [-0.4, -0.2) is 14.9 Å². The minimum Gasteiger partial charge on any atom is -0.379 e. The molecular weight excluding hydrogens is 240 g/mol. The Morgan fingerprint density at radius 1 is 1.26 bits per heavy atom. The SMILES string of the molecule is Cc1cc(CNc2ccc3c(C)noc3c2)n(C)n1. The van der Waals surface area contributed by atoms with E-state index in [1.54, 1.807) is 0 Å². The van der Waals surface area contributed by atoms with Gasteiger partial charge in [-0.15, -0.1) is 0 Å². The fourth-order valence-electron chi connectivity index (χ4n) is 2.20. The topological polar surface area (TPSA) is 55.9 Å². The van der Waals surface area contributed by atoms with E-state index in [-0.39, 0.29) is 0 Å². The maximum Gasteiger partial charge on any atom is 0.169 e. The summed E-state index contributed by atoms with van der Waals surface area (Å²) in [5, 5.41) is 12.7. The zero-order valence-electron chi connectivity index (χ0n) is 11.3. The number of nitrogens with one attached hydrogen (secondary N) is 1. The van der Waals surface area contributed by atoms with Gasteiger partial charge in [-0.05, 0) is 32.0 Å². The monoisotopic (exact) mass is 256 g/mol. The molecule has 5 nitrogen and oxygen atoms in total. The molecule has 0 saturated carbocycles. The van der Waals surface area contributed by atoms with Gasteiger partial charge >= 0.3 is 0 Å². The van der Waals surface area contributed by atoms with Crippen molar-refractivity contribution in [3.05, 3.63) is 41.3 Å². The molecule has 98 valence electrons. The summed E-state index contributed by atoms with van der Waals surface area (Å²) >= 11 is 0. The second-order valence-electron chi connectivity index (χ2n) is 4.73. The number of hydrogen-bond acceptors (Lipinski definition) is 4. The molecule has 2 heterocycles. The van der Waals surface area contributed by atoms with E-state index in [0.29, 0.717) is 0 Å². The van der Waals surface area contributed by atoms with Crippen molar-refractivity contribution in [2.24, 2.45) is 7.05 Å². The van der Waals surface area contributed by atoms with Gasteiger partial charge in [0.1, 0.15) is 0 Å². The molecule has 0 spiro atoms. The van der Waals surface area contributed by atoms with Crippen molar-refractivity contribution in [3.63, 3.8) is 0 Å². The van der Waals surface area contributed by atoms with Crippen LogP contribution in [0, 0.1) is 13.8 Å². The Labute approximate surface area is 111 Å². The molecule has 1 N–H and O–H groups in total. The first-order chi connectivity index (χ1) is 9.13. The van der Waals surface area contributed by atoms with Crippen molar-refractivity contribution >= 4 is 16.7 Å². The average molecular weight is 256 g/mol. The first-order valence-corrected chi connectivity index (χ1v) is 6.23. The van der Waals surface area contributed by atoms with E-state index in [4.69, 9.17) is 4.52 Å². The Morgan fingerprint density at radius 2 is 2.11 bits per heavy atom. The molecule has 19 heavy (non-hydrogen) atoms. The fraction of sp³-hybridized carbons (Fsp3) is 0.286. The number of anilines is 1. The molecule has 0 unspecified atom stereocenters. The third-order valence-electron chi connectivity index (χ3n) is 3.22. The molecular formula is C14H16N4O. The molecule has 0 saturated heterocycles. The van der Waals surface area contributed by atoms with E-state index in [1.165, 1.54) is 0 Å². The molecule has 5 heteroatoms. The van der Waals surface area contributed by atoms with Crippen LogP contribution >= 0.6 is 0 Å². The maximum atomic E-state index is 5.26. The van der Waals surface area contributed by atoms with Gasteiger partial charge in [0.15, 0.2) is 5.58 Å². The molecule has 2 aromatic heterocycles. The lowest BCUT2D eigenvalue weighted by Gasteiger charge is -2.06. The van der Waals surface area contributed by atoms with E-state index in [2.05, 4.69) is 21.6 Å². The van der Waals surface area contributed by atoms with Crippen LogP contribution in [0.15, 0.2) is 28.8 Å². The van der Waals surface area contributed by atoms with Gasteiger partial charge in [-0.25, -0.2) is 0 Å². The van der Waals surface area contributed by atoms with E-state index in [9.17, 15) is 0 Å². The Balaban J connectivity index is 1.80. The lowest BCUT2D eigenvalue weighted by atomic mass is 10.2. The second kappa shape index (κ2) is 4.42. The van der Waals surface area contributed by atoms with Crippen LogP contribution in [-0.2, 0) is 13.6 Å². The first kappa shape index (κ1) is 11.8. The molecule has 0 fully saturated rings. The highest BCUT2D eigenvalue weighted by molar-refractivity contribution is 5.82. The number of nitrogens with zero attached hydrogens (tertiary/aromatic N) is 3. The summed E-state index contributed by atoms with van der Waals surface area (Å²) in [5.74, 6) is 0. The van der Waals surface area contributed by atoms with Gasteiger partial charge in [0.05, 0.1) is 23.6 Å². The smallest absolute Gasteiger partial charge is 0.169 e. The summed E-state index contributed by atoms with van der Waals surface area (Å²) in [7, 11) is 1.95. The highest BCUT2D eigenvalue weighted by Crippen LogP contribution is 2.22. The molecule has 0 radical (unpaired) electrons. The highest BCUT2D eigenvalue weighted by atomic mass is 16.5. The van der Waals surface area contributed by atoms with Gasteiger partial charge in [0.2, 0.25) is 0 Å². The number of benzene rings is 1. The van der Waals surface area contributed by atoms with Crippen LogP contribution in [0.4, 0.5) is 5.69 Å². The van der Waals surface area contributed by atoms with Crippen LogP contribution in [0.5, 0.6) is 0 Å². The van der Waals surface area contributed by atoms with Crippen LogP contribution in [0.1, 0.15) is 17.1 Å². The lowest BCUT2D eigenvalue weighted by Crippen LogP contribution is -2.05. The van der Waals surface area contributed by atoms with E-state index < -0.39 is 0 Å². The largest absolute Gasteiger partial charge is 0.379 e. The summed E-state index contributed by atoms with van der Waals surface area (Å²) in [6.07, 6.45) is 0. The van der Waals surface area contributed by atoms with Crippen molar-refractivity contribution in [3.8, 4) is 0 Å². The normalized spacial score (nSPS) is 11.1. The lowest BCUT2D eigenvalue weighted by molar-refractivity contribution is 0.450. The van der Waals surface area contributed by atoms with Gasteiger partial charge in [-0.1, -0.05) is 5.16 Å². The van der Waals surface area contributed by atoms with Gasteiger partial charge < -0.3 is 9.84 Å². The van der Waals surface area contributed by atoms with Crippen LogP contribution in [0.3, 0.4) is 0 Å². The van der Waals surface area contributed by atoms with Crippen molar-refractivity contribution in [1.82, 2.24) is 14.9 Å². The van der Waals surface area contributed by atoms with Crippen LogP contribution in [0.25, 0.3) is 11.0 Å². The Kier molecular flexibility index (Phi) is 2.74. The van der Waals surface area contributed by atoms with E-state index in [0.717, 1.165) is 40.3 Å². The summed E-state index contributed by atoms with van der Waals surface area (Å²) in [6.45, 7) is 4.67. The van der Waals surface area contributed by atoms with Gasteiger partial charge in [0.25, 0.3) is 0 Å². The van der Waals surface area contributed by atoms with Crippen molar-refractivity contribution in [1.29, 1.82) is 0 Å². The predicted molar refractivity (Wildman–Crippen MR) is 74.0 cm³/mol. The molecule has 0 atom stereocenters. The van der Waals surface area contributed by atoms with Crippen molar-refractivity contribution in [2.45, 2.75) is 20.4 Å². The Hall–Kier alpha value is -2.30. The standard InChI is InChI=1S/C14H16N4O/c1-9-6-12(18(3)16-9)8-15-11-4-5-13-10(2)17-19-14(13)7-11/h4-7,15H,8H2,1-3H3. The van der Waals surface area contributed by atoms with Crippen LogP contribution < -0.4 is 5.32 Å². The molecule has 3 aromatic rings. The number of hydrogen-bond donors (Lipinski definition) is 1. The average Bonchev–Trinajstić information content (AvgIpc) is 2.90. The molecule has 1 aromatic carbocycles. The quantitative estimate of drug-likeness (QED) is 0.783. The van der Waals surface area contributed by atoms with Crippen molar-refractivity contribution in [2.75, 3.05) is 5.32 Å². The summed E-state index contributed by atoms with van der Waals surface area (Å²) in [5.41, 5.74) is 4.92. The number of rotatable bonds is 3. The second-order valence-corrected chi connectivity index (χ2v) is 4.73. The molecule has 0 aliphatic carbocycles. The minimum absolute atomic E-state index is 0.732. The first-order valence-electron chi connectivity index (χ1n) is 6.23. The molecule has 3 rings (SSSR count). The highest BCUT2D eigenvalue weighted by Gasteiger charge is 2.06. The Morgan fingerprint density at radius 3 is 2.84 bits per heavy atom. The maximum absolute atomic E-state index is 5.26. The number of aryl methyl sites for hydroxylation is 3. The fourth-order valence-corrected chi connectivity index (χ4v) is 2.20. The summed E-state index contributed by atoms with van der Waals surface area (Å²) in [4.78, 5) is 0. The summed E-state index contributed by atoms with van der Waals surface area (Å²) < 4.78 is 7.15. The molecule has 0 bridgehead atoms. The zero-order chi connectivity index (χ0) is 13.4. The minimum atomic E-state index is 0.732. The third-order valence-corrected chi connectivity index (χ3v) is 3.22. The van der Waals surface area contributed by atoms with Gasteiger partial charge in [-0.3, -0.25) is 4.68 Å². The van der Waals surface area contributed by atoms with Gasteiger partial charge in [0, 0.05) is 24.2 Å². The van der Waals surface area contributed by atoms with Crippen LogP contribution in [0.2, 0.25) is 0 Å². The van der Waals surface area contributed by atoms with E-state index in [1.807, 2.05) is 43.8 Å². The molecule has 0 amide bonds. The van der Waals surface area contributed by atoms with Gasteiger partial charge in [-0.2, -0.15) is 5.10 Å². The molecule has 0 aliphatic heterocycles. The van der Waals surface area contributed by atoms with E-state index >= 15 is 0 Å². The van der Waals surface area contributed by atoms with Crippen molar-refractivity contribution < 1.29 is 4.52 Å². The zero-order valence-corrected chi connectivity index (χ0v) is 11.3. The number of aromatic nitrogens is 3. The summed E-state index contributed by atoms with van der Waals surface area (Å²) in [6, 6.07) is 8.11. The third kappa shape index (κ3) is 2.19.